The third kappa shape index (κ3) is 3.93. The van der Waals surface area contributed by atoms with Crippen LogP contribution in [0, 0.1) is 0 Å². The van der Waals surface area contributed by atoms with Crippen LogP contribution in [0.5, 0.6) is 0 Å². The average molecular weight is 491 g/mol. The van der Waals surface area contributed by atoms with E-state index in [0.717, 1.165) is 11.1 Å². The van der Waals surface area contributed by atoms with Gasteiger partial charge >= 0.3 is 5.97 Å². The van der Waals surface area contributed by atoms with Crippen LogP contribution in [0.3, 0.4) is 0 Å². The predicted octanol–water partition coefficient (Wildman–Crippen LogP) is 4.32. The molecule has 5 rings (SSSR count). The Morgan fingerprint density at radius 1 is 1.15 bits per heavy atom. The van der Waals surface area contributed by atoms with Crippen molar-refractivity contribution in [2.45, 2.75) is 13.0 Å². The number of carbonyl (C=O) groups is 1. The number of thiazole rings is 1. The molecule has 0 unspecified atom stereocenters. The van der Waals surface area contributed by atoms with Crippen LogP contribution in [-0.2, 0) is 9.53 Å². The van der Waals surface area contributed by atoms with Crippen LogP contribution in [0.4, 0.5) is 0 Å². The van der Waals surface area contributed by atoms with E-state index in [1.54, 1.807) is 29.7 Å². The zero-order chi connectivity index (χ0) is 23.8. The van der Waals surface area contributed by atoms with Crippen molar-refractivity contribution >= 4 is 35.0 Å². The number of fused-ring (bicyclic) bond motifs is 1. The summed E-state index contributed by atoms with van der Waals surface area (Å²) < 4.78 is 13.0. The fourth-order valence-corrected chi connectivity index (χ4v) is 5.22. The Hall–Kier alpha value is -3.68. The van der Waals surface area contributed by atoms with Crippen molar-refractivity contribution in [1.29, 1.82) is 0 Å². The Morgan fingerprint density at radius 3 is 2.68 bits per heavy atom. The van der Waals surface area contributed by atoms with Gasteiger partial charge in [-0.15, -0.1) is 0 Å². The molecule has 0 N–H and O–H groups in total. The van der Waals surface area contributed by atoms with Crippen LogP contribution in [0.25, 0.3) is 17.4 Å². The highest BCUT2D eigenvalue weighted by Gasteiger charge is 2.32. The molecule has 8 heteroatoms. The lowest BCUT2D eigenvalue weighted by Crippen LogP contribution is -2.39. The molecule has 0 amide bonds. The first-order chi connectivity index (χ1) is 16.5. The minimum atomic E-state index is -0.634. The highest BCUT2D eigenvalue weighted by molar-refractivity contribution is 7.07. The minimum Gasteiger partial charge on any atom is -0.466 e. The van der Waals surface area contributed by atoms with Crippen LogP contribution < -0.4 is 14.9 Å². The third-order valence-electron chi connectivity index (χ3n) is 5.55. The number of aromatic nitrogens is 1. The molecule has 2 aromatic heterocycles. The van der Waals surface area contributed by atoms with E-state index in [9.17, 15) is 9.59 Å². The van der Waals surface area contributed by atoms with E-state index in [-0.39, 0.29) is 5.56 Å². The van der Waals surface area contributed by atoms with Gasteiger partial charge in [0.1, 0.15) is 11.5 Å². The van der Waals surface area contributed by atoms with Crippen LogP contribution >= 0.6 is 22.9 Å². The first kappa shape index (κ1) is 22.1. The summed E-state index contributed by atoms with van der Waals surface area (Å²) >= 11 is 7.34. The second-order valence-electron chi connectivity index (χ2n) is 7.70. The number of benzene rings is 2. The van der Waals surface area contributed by atoms with Gasteiger partial charge in [0.15, 0.2) is 4.80 Å². The van der Waals surface area contributed by atoms with Gasteiger partial charge < -0.3 is 9.15 Å². The van der Waals surface area contributed by atoms with Crippen LogP contribution in [0.2, 0.25) is 5.02 Å². The monoisotopic (exact) mass is 490 g/mol. The highest BCUT2D eigenvalue weighted by atomic mass is 35.5. The number of hydrogen-bond donors (Lipinski definition) is 0. The molecule has 1 aliphatic rings. The van der Waals surface area contributed by atoms with Gasteiger partial charge in [0, 0.05) is 16.7 Å². The Kier molecular flexibility index (Phi) is 5.81. The number of halogens is 1. The Morgan fingerprint density at radius 2 is 1.94 bits per heavy atom. The molecule has 170 valence electrons. The molecule has 0 saturated carbocycles. The largest absolute Gasteiger partial charge is 0.466 e. The number of furan rings is 1. The van der Waals surface area contributed by atoms with Crippen molar-refractivity contribution in [3.8, 4) is 11.3 Å². The number of methoxy groups -OCH3 is 1. The molecule has 34 heavy (non-hydrogen) atoms. The average Bonchev–Trinajstić information content (AvgIpc) is 3.43. The normalized spacial score (nSPS) is 15.7. The first-order valence-corrected chi connectivity index (χ1v) is 11.7. The number of allylic oxidation sites excluding steroid dienone is 1. The van der Waals surface area contributed by atoms with Crippen LogP contribution in [-0.4, -0.2) is 17.6 Å². The molecule has 3 heterocycles. The topological polar surface area (TPSA) is 73.8 Å². The summed E-state index contributed by atoms with van der Waals surface area (Å²) in [5.74, 6) is 0.662. The summed E-state index contributed by atoms with van der Waals surface area (Å²) in [7, 11) is 1.32. The van der Waals surface area contributed by atoms with Crippen molar-refractivity contribution in [2.24, 2.45) is 4.99 Å². The maximum atomic E-state index is 13.5. The molecule has 1 aliphatic heterocycles. The molecule has 0 aliphatic carbocycles. The van der Waals surface area contributed by atoms with E-state index in [4.69, 9.17) is 20.8 Å². The van der Waals surface area contributed by atoms with Gasteiger partial charge in [-0.05, 0) is 36.8 Å². The maximum absolute atomic E-state index is 13.5. The summed E-state index contributed by atoms with van der Waals surface area (Å²) in [6.07, 6.45) is 1.69. The van der Waals surface area contributed by atoms with Gasteiger partial charge in [-0.2, -0.15) is 0 Å². The molecule has 0 bridgehead atoms. The molecule has 0 fully saturated rings. The molecule has 0 spiro atoms. The zero-order valence-corrected chi connectivity index (χ0v) is 19.9. The molecule has 6 nitrogen and oxygen atoms in total. The van der Waals surface area contributed by atoms with Gasteiger partial charge in [0.25, 0.3) is 5.56 Å². The molecule has 1 atom stereocenters. The number of esters is 1. The van der Waals surface area contributed by atoms with E-state index < -0.39 is 12.0 Å². The van der Waals surface area contributed by atoms with Gasteiger partial charge in [-0.3, -0.25) is 9.36 Å². The van der Waals surface area contributed by atoms with E-state index in [1.807, 2.05) is 54.6 Å². The third-order valence-corrected chi connectivity index (χ3v) is 6.77. The van der Waals surface area contributed by atoms with E-state index in [2.05, 4.69) is 4.99 Å². The second kappa shape index (κ2) is 8.93. The van der Waals surface area contributed by atoms with Gasteiger partial charge in [-0.1, -0.05) is 65.4 Å². The van der Waals surface area contributed by atoms with E-state index in [0.29, 0.717) is 37.1 Å². The van der Waals surface area contributed by atoms with Crippen LogP contribution in [0.15, 0.2) is 92.2 Å². The van der Waals surface area contributed by atoms with Crippen molar-refractivity contribution < 1.29 is 13.9 Å². The summed E-state index contributed by atoms with van der Waals surface area (Å²) in [6, 6.07) is 19.8. The second-order valence-corrected chi connectivity index (χ2v) is 9.14. The summed E-state index contributed by atoms with van der Waals surface area (Å²) in [5.41, 5.74) is 2.25. The predicted molar refractivity (Wildman–Crippen MR) is 131 cm³/mol. The van der Waals surface area contributed by atoms with Gasteiger partial charge in [-0.25, -0.2) is 9.79 Å². The number of ether oxygens (including phenoxy) is 1. The molecular formula is C26H19ClN2O4S. The van der Waals surface area contributed by atoms with Crippen molar-refractivity contribution in [3.05, 3.63) is 114 Å². The Bertz CT molecular complexity index is 1610. The Balaban J connectivity index is 1.64. The summed E-state index contributed by atoms with van der Waals surface area (Å²) in [6.45, 7) is 1.75. The minimum absolute atomic E-state index is 0.257. The lowest BCUT2D eigenvalue weighted by molar-refractivity contribution is -0.136. The smallest absolute Gasteiger partial charge is 0.338 e. The standard InChI is InChI=1S/C26H19ClN2O4S/c1-15-22(25(31)32-2)23(16-7-4-3-5-8-16)29-24(30)21(34-26(29)28-15)14-19-11-12-20(33-19)17-9-6-10-18(27)13-17/h3-14,23H,1-2H3/t23-/m0/s1. The molecule has 4 aromatic rings. The summed E-state index contributed by atoms with van der Waals surface area (Å²) in [4.78, 5) is 31.3. The number of carbonyl (C=O) groups excluding carboxylic acids is 1. The van der Waals surface area contributed by atoms with Crippen molar-refractivity contribution in [1.82, 2.24) is 4.57 Å². The van der Waals surface area contributed by atoms with Crippen molar-refractivity contribution in [3.63, 3.8) is 0 Å². The van der Waals surface area contributed by atoms with E-state index >= 15 is 0 Å². The molecule has 2 aromatic carbocycles. The lowest BCUT2D eigenvalue weighted by Gasteiger charge is -2.24. The Labute approximate surface area is 203 Å². The van der Waals surface area contributed by atoms with Gasteiger partial charge in [0.05, 0.1) is 29.0 Å². The number of hydrogen-bond acceptors (Lipinski definition) is 6. The van der Waals surface area contributed by atoms with Crippen LogP contribution in [0.1, 0.15) is 24.3 Å². The molecular weight excluding hydrogens is 472 g/mol. The highest BCUT2D eigenvalue weighted by Crippen LogP contribution is 2.30. The quantitative estimate of drug-likeness (QED) is 0.399. The number of nitrogens with zero attached hydrogens (tertiary/aromatic N) is 2. The van der Waals surface area contributed by atoms with Crippen molar-refractivity contribution in [2.75, 3.05) is 7.11 Å². The molecule has 0 radical (unpaired) electrons. The van der Waals surface area contributed by atoms with E-state index in [1.165, 1.54) is 18.4 Å². The molecule has 0 saturated heterocycles. The first-order valence-electron chi connectivity index (χ1n) is 10.5. The summed E-state index contributed by atoms with van der Waals surface area (Å²) in [5, 5.41) is 0.612. The fourth-order valence-electron chi connectivity index (χ4n) is 4.00. The maximum Gasteiger partial charge on any atom is 0.338 e. The fraction of sp³-hybridized carbons (Fsp3) is 0.115. The zero-order valence-electron chi connectivity index (χ0n) is 18.3. The van der Waals surface area contributed by atoms with Gasteiger partial charge in [0.2, 0.25) is 0 Å². The SMILES string of the molecule is COC(=O)C1=C(C)N=c2sc(=Cc3ccc(-c4cccc(Cl)c4)o3)c(=O)n2[C@H]1c1ccccc1. The number of rotatable bonds is 4. The lowest BCUT2D eigenvalue weighted by atomic mass is 9.96.